The van der Waals surface area contributed by atoms with Crippen molar-refractivity contribution in [2.24, 2.45) is 0 Å². The fourth-order valence-electron chi connectivity index (χ4n) is 3.13. The molecule has 1 unspecified atom stereocenters. The largest absolute Gasteiger partial charge is 0.492 e. The van der Waals surface area contributed by atoms with Gasteiger partial charge in [0, 0.05) is 56.0 Å². The maximum atomic E-state index is 5.89. The van der Waals surface area contributed by atoms with Crippen LogP contribution in [0.2, 0.25) is 5.02 Å². The molecule has 0 amide bonds. The molecule has 24 heavy (non-hydrogen) atoms. The Labute approximate surface area is 148 Å². The summed E-state index contributed by atoms with van der Waals surface area (Å²) in [5.41, 5.74) is 2.49. The summed E-state index contributed by atoms with van der Waals surface area (Å²) in [7, 11) is 1.76. The standard InChI is InChI=1S/C18H24ClN3O2/c1-3-22-11-17-14(13-23-2)10-21(12-18(17)20-22)8-9-24-16-6-4-15(19)5-7-16/h4-7,11,14H,3,8-10,12-13H2,1-2H3. The molecule has 0 bridgehead atoms. The van der Waals surface area contributed by atoms with Gasteiger partial charge in [0.1, 0.15) is 12.4 Å². The number of aryl methyl sites for hydroxylation is 1. The van der Waals surface area contributed by atoms with Crippen molar-refractivity contribution < 1.29 is 9.47 Å². The second kappa shape index (κ2) is 8.01. The molecule has 0 N–H and O–H groups in total. The molecule has 0 fully saturated rings. The number of rotatable bonds is 7. The number of methoxy groups -OCH3 is 1. The number of ether oxygens (including phenoxy) is 2. The van der Waals surface area contributed by atoms with E-state index in [1.54, 1.807) is 7.11 Å². The van der Waals surface area contributed by atoms with Gasteiger partial charge in [-0.25, -0.2) is 0 Å². The van der Waals surface area contributed by atoms with Gasteiger partial charge in [0.2, 0.25) is 0 Å². The Morgan fingerprint density at radius 2 is 2.08 bits per heavy atom. The molecule has 2 aromatic rings. The molecular weight excluding hydrogens is 326 g/mol. The first-order valence-corrected chi connectivity index (χ1v) is 8.73. The maximum Gasteiger partial charge on any atom is 0.119 e. The third kappa shape index (κ3) is 4.09. The van der Waals surface area contributed by atoms with E-state index in [0.717, 1.165) is 49.3 Å². The summed E-state index contributed by atoms with van der Waals surface area (Å²) < 4.78 is 13.2. The summed E-state index contributed by atoms with van der Waals surface area (Å²) in [6, 6.07) is 7.48. The Kier molecular flexibility index (Phi) is 5.76. The molecule has 1 aliphatic heterocycles. The van der Waals surface area contributed by atoms with Crippen LogP contribution in [0.3, 0.4) is 0 Å². The monoisotopic (exact) mass is 349 g/mol. The molecule has 2 heterocycles. The van der Waals surface area contributed by atoms with E-state index in [4.69, 9.17) is 26.2 Å². The smallest absolute Gasteiger partial charge is 0.119 e. The zero-order chi connectivity index (χ0) is 16.9. The molecule has 0 saturated heterocycles. The summed E-state index contributed by atoms with van der Waals surface area (Å²) in [6.45, 7) is 7.07. The maximum absolute atomic E-state index is 5.89. The predicted molar refractivity (Wildman–Crippen MR) is 94.7 cm³/mol. The second-order valence-corrected chi connectivity index (χ2v) is 6.51. The van der Waals surface area contributed by atoms with Crippen LogP contribution in [-0.2, 0) is 17.8 Å². The lowest BCUT2D eigenvalue weighted by Gasteiger charge is -2.31. The number of halogens is 1. The van der Waals surface area contributed by atoms with E-state index in [9.17, 15) is 0 Å². The normalized spacial score (nSPS) is 17.7. The summed E-state index contributed by atoms with van der Waals surface area (Å²) >= 11 is 5.89. The van der Waals surface area contributed by atoms with Crippen LogP contribution >= 0.6 is 11.6 Å². The van der Waals surface area contributed by atoms with Crippen LogP contribution in [0.5, 0.6) is 5.75 Å². The Balaban J connectivity index is 1.59. The fourth-order valence-corrected chi connectivity index (χ4v) is 3.25. The minimum absolute atomic E-state index is 0.370. The number of hydrogen-bond donors (Lipinski definition) is 0. The molecular formula is C18H24ClN3O2. The van der Waals surface area contributed by atoms with Crippen molar-refractivity contribution in [2.75, 3.05) is 33.4 Å². The first-order chi connectivity index (χ1) is 11.7. The van der Waals surface area contributed by atoms with E-state index in [2.05, 4.69) is 18.0 Å². The predicted octanol–water partition coefficient (Wildman–Crippen LogP) is 3.18. The van der Waals surface area contributed by atoms with Gasteiger partial charge in [-0.1, -0.05) is 11.6 Å². The first-order valence-electron chi connectivity index (χ1n) is 8.35. The SMILES string of the molecule is CCn1cc2c(n1)CN(CCOc1ccc(Cl)cc1)CC2COC. The highest BCUT2D eigenvalue weighted by molar-refractivity contribution is 6.30. The molecule has 3 rings (SSSR count). The average molecular weight is 350 g/mol. The number of aromatic nitrogens is 2. The molecule has 1 aliphatic rings. The third-order valence-electron chi connectivity index (χ3n) is 4.34. The summed E-state index contributed by atoms with van der Waals surface area (Å²) in [4.78, 5) is 2.38. The molecule has 1 aromatic heterocycles. The van der Waals surface area contributed by atoms with Crippen molar-refractivity contribution in [3.8, 4) is 5.75 Å². The minimum Gasteiger partial charge on any atom is -0.492 e. The van der Waals surface area contributed by atoms with E-state index in [-0.39, 0.29) is 0 Å². The number of fused-ring (bicyclic) bond motifs is 1. The van der Waals surface area contributed by atoms with Gasteiger partial charge in [-0.3, -0.25) is 9.58 Å². The van der Waals surface area contributed by atoms with Crippen LogP contribution in [0, 0.1) is 0 Å². The van der Waals surface area contributed by atoms with E-state index in [0.29, 0.717) is 12.5 Å². The van der Waals surface area contributed by atoms with Crippen LogP contribution in [0.1, 0.15) is 24.1 Å². The molecule has 0 spiro atoms. The highest BCUT2D eigenvalue weighted by Crippen LogP contribution is 2.27. The molecule has 0 radical (unpaired) electrons. The van der Waals surface area contributed by atoms with Crippen LogP contribution in [0.25, 0.3) is 0 Å². The molecule has 130 valence electrons. The highest BCUT2D eigenvalue weighted by atomic mass is 35.5. The lowest BCUT2D eigenvalue weighted by atomic mass is 9.96. The molecule has 1 atom stereocenters. The van der Waals surface area contributed by atoms with Crippen molar-refractivity contribution in [1.82, 2.24) is 14.7 Å². The third-order valence-corrected chi connectivity index (χ3v) is 4.60. The zero-order valence-corrected chi connectivity index (χ0v) is 15.0. The highest BCUT2D eigenvalue weighted by Gasteiger charge is 2.28. The van der Waals surface area contributed by atoms with Crippen molar-refractivity contribution in [3.05, 3.63) is 46.7 Å². The van der Waals surface area contributed by atoms with Crippen LogP contribution in [-0.4, -0.2) is 48.1 Å². The van der Waals surface area contributed by atoms with Crippen molar-refractivity contribution in [2.45, 2.75) is 25.9 Å². The number of benzene rings is 1. The molecule has 0 aliphatic carbocycles. The first kappa shape index (κ1) is 17.3. The second-order valence-electron chi connectivity index (χ2n) is 6.08. The van der Waals surface area contributed by atoms with Crippen LogP contribution in [0.4, 0.5) is 0 Å². The van der Waals surface area contributed by atoms with E-state index in [1.165, 1.54) is 5.56 Å². The number of hydrogen-bond acceptors (Lipinski definition) is 4. The van der Waals surface area contributed by atoms with Gasteiger partial charge in [-0.2, -0.15) is 5.10 Å². The summed E-state index contributed by atoms with van der Waals surface area (Å²) in [5, 5.41) is 5.41. The van der Waals surface area contributed by atoms with Crippen molar-refractivity contribution >= 4 is 11.6 Å². The molecule has 1 aromatic carbocycles. The van der Waals surface area contributed by atoms with E-state index < -0.39 is 0 Å². The lowest BCUT2D eigenvalue weighted by Crippen LogP contribution is -2.37. The molecule has 0 saturated carbocycles. The molecule has 5 nitrogen and oxygen atoms in total. The van der Waals surface area contributed by atoms with Gasteiger partial charge in [0.25, 0.3) is 0 Å². The van der Waals surface area contributed by atoms with Gasteiger partial charge in [0.05, 0.1) is 12.3 Å². The Hall–Kier alpha value is -1.56. The van der Waals surface area contributed by atoms with Crippen LogP contribution in [0.15, 0.2) is 30.5 Å². The van der Waals surface area contributed by atoms with Crippen molar-refractivity contribution in [3.63, 3.8) is 0 Å². The minimum atomic E-state index is 0.370. The van der Waals surface area contributed by atoms with Gasteiger partial charge in [-0.15, -0.1) is 0 Å². The van der Waals surface area contributed by atoms with Gasteiger partial charge >= 0.3 is 0 Å². The van der Waals surface area contributed by atoms with E-state index in [1.807, 2.05) is 28.9 Å². The number of nitrogens with zero attached hydrogens (tertiary/aromatic N) is 3. The topological polar surface area (TPSA) is 39.5 Å². The summed E-state index contributed by atoms with van der Waals surface area (Å²) in [6.07, 6.45) is 2.17. The van der Waals surface area contributed by atoms with Crippen molar-refractivity contribution in [1.29, 1.82) is 0 Å². The van der Waals surface area contributed by atoms with Gasteiger partial charge < -0.3 is 9.47 Å². The Bertz CT molecular complexity index is 657. The van der Waals surface area contributed by atoms with E-state index >= 15 is 0 Å². The quantitative estimate of drug-likeness (QED) is 0.769. The van der Waals surface area contributed by atoms with Gasteiger partial charge in [0.15, 0.2) is 0 Å². The Morgan fingerprint density at radius 1 is 1.29 bits per heavy atom. The van der Waals surface area contributed by atoms with Crippen LogP contribution < -0.4 is 4.74 Å². The zero-order valence-electron chi connectivity index (χ0n) is 14.2. The summed E-state index contributed by atoms with van der Waals surface area (Å²) in [5.74, 6) is 1.22. The average Bonchev–Trinajstić information content (AvgIpc) is 3.00. The lowest BCUT2D eigenvalue weighted by molar-refractivity contribution is 0.127. The molecule has 6 heteroatoms. The van der Waals surface area contributed by atoms with Gasteiger partial charge in [-0.05, 0) is 31.2 Å². The Morgan fingerprint density at radius 3 is 2.79 bits per heavy atom. The fraction of sp³-hybridized carbons (Fsp3) is 0.500.